The molecule has 0 amide bonds. The number of anilines is 1. The first-order valence-corrected chi connectivity index (χ1v) is 8.08. The van der Waals surface area contributed by atoms with Crippen molar-refractivity contribution in [3.8, 4) is 11.5 Å². The van der Waals surface area contributed by atoms with Gasteiger partial charge in [-0.15, -0.1) is 0 Å². The molecule has 0 aliphatic carbocycles. The summed E-state index contributed by atoms with van der Waals surface area (Å²) in [5.74, 6) is 5.05. The molecule has 3 heterocycles. The summed E-state index contributed by atoms with van der Waals surface area (Å²) in [7, 11) is 0. The average Bonchev–Trinajstić information content (AvgIpc) is 2.94. The molecule has 104 valence electrons. The van der Waals surface area contributed by atoms with E-state index in [1.165, 1.54) is 24.3 Å². The first-order valence-electron chi connectivity index (χ1n) is 6.93. The van der Waals surface area contributed by atoms with Crippen molar-refractivity contribution in [2.75, 3.05) is 23.6 Å². The first kappa shape index (κ1) is 12.1. The molecule has 20 heavy (non-hydrogen) atoms. The molecule has 0 atom stereocenters. The number of pyridine rings is 1. The van der Waals surface area contributed by atoms with E-state index in [-0.39, 0.29) is 0 Å². The number of nitrogens with one attached hydrogen (secondary N) is 1. The molecule has 2 aromatic rings. The second-order valence-electron chi connectivity index (χ2n) is 5.12. The van der Waals surface area contributed by atoms with Gasteiger partial charge < -0.3 is 14.8 Å². The highest BCUT2D eigenvalue weighted by molar-refractivity contribution is 7.99. The number of thioether (sulfide) groups is 1. The maximum Gasteiger partial charge on any atom is 0.231 e. The molecule has 0 radical (unpaired) electrons. The maximum absolute atomic E-state index is 5.47. The molecule has 4 rings (SSSR count). The number of rotatable bonds is 2. The summed E-state index contributed by atoms with van der Waals surface area (Å²) < 4.78 is 10.9. The van der Waals surface area contributed by atoms with Crippen LogP contribution in [-0.2, 0) is 0 Å². The van der Waals surface area contributed by atoms with Gasteiger partial charge in [-0.1, -0.05) is 0 Å². The van der Waals surface area contributed by atoms with Crippen LogP contribution in [0.1, 0.15) is 12.8 Å². The van der Waals surface area contributed by atoms with Gasteiger partial charge in [0, 0.05) is 17.6 Å². The van der Waals surface area contributed by atoms with Gasteiger partial charge in [-0.3, -0.25) is 0 Å². The van der Waals surface area contributed by atoms with E-state index in [2.05, 4.69) is 10.3 Å². The minimum absolute atomic E-state index is 0.307. The number of fused-ring (bicyclic) bond motifs is 2. The average molecular weight is 288 g/mol. The fourth-order valence-electron chi connectivity index (χ4n) is 2.71. The quantitative estimate of drug-likeness (QED) is 0.918. The van der Waals surface area contributed by atoms with Crippen LogP contribution in [0, 0.1) is 0 Å². The van der Waals surface area contributed by atoms with Gasteiger partial charge in [0.15, 0.2) is 11.5 Å². The predicted molar refractivity (Wildman–Crippen MR) is 81.8 cm³/mol. The molecule has 5 heteroatoms. The highest BCUT2D eigenvalue weighted by Gasteiger charge is 2.18. The molecule has 0 unspecified atom stereocenters. The van der Waals surface area contributed by atoms with Crippen LogP contribution in [0.25, 0.3) is 10.8 Å². The third-order valence-corrected chi connectivity index (χ3v) is 4.87. The Bertz CT molecular complexity index is 641. The van der Waals surface area contributed by atoms with Gasteiger partial charge in [0.2, 0.25) is 6.79 Å². The fraction of sp³-hybridized carbons (Fsp3) is 0.400. The normalized spacial score (nSPS) is 18.4. The number of aromatic nitrogens is 1. The lowest BCUT2D eigenvalue weighted by Gasteiger charge is -2.23. The Morgan fingerprint density at radius 3 is 2.80 bits per heavy atom. The molecule has 1 aromatic carbocycles. The van der Waals surface area contributed by atoms with Crippen LogP contribution in [0.3, 0.4) is 0 Å². The molecule has 0 saturated carbocycles. The van der Waals surface area contributed by atoms with Crippen LogP contribution in [0.2, 0.25) is 0 Å². The van der Waals surface area contributed by atoms with Crippen molar-refractivity contribution in [2.24, 2.45) is 0 Å². The number of benzene rings is 1. The monoisotopic (exact) mass is 288 g/mol. The molecular formula is C15H16N2O2S. The summed E-state index contributed by atoms with van der Waals surface area (Å²) in [5, 5.41) is 5.84. The van der Waals surface area contributed by atoms with Crippen molar-refractivity contribution < 1.29 is 9.47 Å². The Kier molecular flexibility index (Phi) is 3.07. The van der Waals surface area contributed by atoms with E-state index in [0.717, 1.165) is 28.1 Å². The Morgan fingerprint density at radius 1 is 1.15 bits per heavy atom. The number of nitrogens with zero attached hydrogens (tertiary/aromatic N) is 1. The lowest BCUT2D eigenvalue weighted by Crippen LogP contribution is -2.25. The van der Waals surface area contributed by atoms with Crippen LogP contribution >= 0.6 is 11.8 Å². The van der Waals surface area contributed by atoms with Gasteiger partial charge in [-0.05, 0) is 47.9 Å². The zero-order valence-corrected chi connectivity index (χ0v) is 11.9. The largest absolute Gasteiger partial charge is 0.454 e. The first-order chi connectivity index (χ1) is 9.90. The molecule has 0 spiro atoms. The van der Waals surface area contributed by atoms with Crippen LogP contribution in [0.5, 0.6) is 11.5 Å². The van der Waals surface area contributed by atoms with Crippen molar-refractivity contribution in [2.45, 2.75) is 18.9 Å². The SMILES string of the molecule is c1cc2cc3c(cc2c(NC2CCSCC2)n1)OCO3. The summed E-state index contributed by atoms with van der Waals surface area (Å²) in [4.78, 5) is 4.51. The van der Waals surface area contributed by atoms with E-state index in [0.29, 0.717) is 12.8 Å². The molecule has 4 nitrogen and oxygen atoms in total. The van der Waals surface area contributed by atoms with Crippen molar-refractivity contribution in [1.29, 1.82) is 0 Å². The van der Waals surface area contributed by atoms with Crippen LogP contribution in [-0.4, -0.2) is 29.3 Å². The Balaban J connectivity index is 1.71. The van der Waals surface area contributed by atoms with Crippen LogP contribution in [0.15, 0.2) is 24.4 Å². The van der Waals surface area contributed by atoms with E-state index in [1.807, 2.05) is 36.2 Å². The second kappa shape index (κ2) is 5.05. The molecule has 1 fully saturated rings. The van der Waals surface area contributed by atoms with Crippen LogP contribution < -0.4 is 14.8 Å². The fourth-order valence-corrected chi connectivity index (χ4v) is 3.82. The van der Waals surface area contributed by atoms with Crippen molar-refractivity contribution >= 4 is 28.4 Å². The zero-order chi connectivity index (χ0) is 13.4. The lowest BCUT2D eigenvalue weighted by atomic mass is 10.1. The van der Waals surface area contributed by atoms with Crippen molar-refractivity contribution in [3.05, 3.63) is 24.4 Å². The van der Waals surface area contributed by atoms with Crippen molar-refractivity contribution in [3.63, 3.8) is 0 Å². The Hall–Kier alpha value is -1.62. The molecule has 1 saturated heterocycles. The Labute approximate surface area is 121 Å². The van der Waals surface area contributed by atoms with E-state index < -0.39 is 0 Å². The Morgan fingerprint density at radius 2 is 1.95 bits per heavy atom. The van der Waals surface area contributed by atoms with E-state index in [9.17, 15) is 0 Å². The van der Waals surface area contributed by atoms with Gasteiger partial charge in [0.05, 0.1) is 0 Å². The highest BCUT2D eigenvalue weighted by Crippen LogP contribution is 2.38. The smallest absolute Gasteiger partial charge is 0.231 e. The summed E-state index contributed by atoms with van der Waals surface area (Å²) >= 11 is 2.03. The molecule has 1 aromatic heterocycles. The van der Waals surface area contributed by atoms with E-state index >= 15 is 0 Å². The number of ether oxygens (including phenoxy) is 2. The van der Waals surface area contributed by atoms with Crippen molar-refractivity contribution in [1.82, 2.24) is 4.98 Å². The van der Waals surface area contributed by atoms with Gasteiger partial charge in [0.25, 0.3) is 0 Å². The summed E-state index contributed by atoms with van der Waals surface area (Å²) in [6.07, 6.45) is 4.25. The third kappa shape index (κ3) is 2.16. The second-order valence-corrected chi connectivity index (χ2v) is 6.34. The minimum Gasteiger partial charge on any atom is -0.454 e. The lowest BCUT2D eigenvalue weighted by molar-refractivity contribution is 0.174. The molecule has 2 aliphatic rings. The van der Waals surface area contributed by atoms with Gasteiger partial charge >= 0.3 is 0 Å². The van der Waals surface area contributed by atoms with E-state index in [1.54, 1.807) is 0 Å². The molecule has 2 aliphatic heterocycles. The summed E-state index contributed by atoms with van der Waals surface area (Å²) in [5.41, 5.74) is 0. The zero-order valence-electron chi connectivity index (χ0n) is 11.1. The highest BCUT2D eigenvalue weighted by atomic mass is 32.2. The maximum atomic E-state index is 5.47. The van der Waals surface area contributed by atoms with Gasteiger partial charge in [-0.25, -0.2) is 4.98 Å². The summed E-state index contributed by atoms with van der Waals surface area (Å²) in [6, 6.07) is 6.60. The topological polar surface area (TPSA) is 43.4 Å². The third-order valence-electron chi connectivity index (χ3n) is 3.82. The molecular weight excluding hydrogens is 272 g/mol. The van der Waals surface area contributed by atoms with Gasteiger partial charge in [-0.2, -0.15) is 11.8 Å². The molecule has 0 bridgehead atoms. The molecule has 1 N–H and O–H groups in total. The van der Waals surface area contributed by atoms with Gasteiger partial charge in [0.1, 0.15) is 5.82 Å². The summed E-state index contributed by atoms with van der Waals surface area (Å²) in [6.45, 7) is 0.307. The van der Waals surface area contributed by atoms with Crippen LogP contribution in [0.4, 0.5) is 5.82 Å². The predicted octanol–water partition coefficient (Wildman–Crippen LogP) is 3.27. The van der Waals surface area contributed by atoms with E-state index in [4.69, 9.17) is 9.47 Å². The number of hydrogen-bond acceptors (Lipinski definition) is 5. The number of hydrogen-bond donors (Lipinski definition) is 1. The minimum atomic E-state index is 0.307. The standard InChI is InChI=1S/C15H16N2O2S/c1-4-16-15(17-11-2-5-20-6-3-11)12-8-14-13(7-10(1)12)18-9-19-14/h1,4,7-8,11H,2-3,5-6,9H2,(H,16,17).